The molecule has 0 aliphatic heterocycles. The van der Waals surface area contributed by atoms with Crippen molar-refractivity contribution < 1.29 is 14.7 Å². The molecule has 2 amide bonds. The molecule has 0 aromatic carbocycles. The molecule has 0 heterocycles. The van der Waals surface area contributed by atoms with E-state index >= 15 is 0 Å². The third kappa shape index (κ3) is 6.58. The summed E-state index contributed by atoms with van der Waals surface area (Å²) in [7, 11) is 0. The predicted molar refractivity (Wildman–Crippen MR) is 76.7 cm³/mol. The molecule has 112 valence electrons. The SMILES string of the molecule is C#CCNC(=O)CC(=O)NCCCC1CCCCC1O. The molecule has 1 saturated carbocycles. The fourth-order valence-corrected chi connectivity index (χ4v) is 2.54. The summed E-state index contributed by atoms with van der Waals surface area (Å²) >= 11 is 0. The minimum atomic E-state index is -0.358. The largest absolute Gasteiger partial charge is 0.393 e. The summed E-state index contributed by atoms with van der Waals surface area (Å²) in [5, 5.41) is 15.0. The van der Waals surface area contributed by atoms with Gasteiger partial charge in [0, 0.05) is 6.54 Å². The molecule has 5 nitrogen and oxygen atoms in total. The highest BCUT2D eigenvalue weighted by atomic mass is 16.3. The number of terminal acetylenes is 1. The molecule has 0 bridgehead atoms. The van der Waals surface area contributed by atoms with Crippen LogP contribution in [-0.4, -0.2) is 36.1 Å². The number of nitrogens with one attached hydrogen (secondary N) is 2. The first kappa shape index (κ1) is 16.5. The van der Waals surface area contributed by atoms with Crippen molar-refractivity contribution in [3.05, 3.63) is 0 Å². The molecule has 20 heavy (non-hydrogen) atoms. The topological polar surface area (TPSA) is 78.4 Å². The summed E-state index contributed by atoms with van der Waals surface area (Å²) in [4.78, 5) is 22.7. The van der Waals surface area contributed by atoms with Crippen molar-refractivity contribution >= 4 is 11.8 Å². The van der Waals surface area contributed by atoms with Gasteiger partial charge in [0.1, 0.15) is 6.42 Å². The number of aliphatic hydroxyl groups is 1. The van der Waals surface area contributed by atoms with Crippen LogP contribution in [0.25, 0.3) is 0 Å². The minimum absolute atomic E-state index is 0.145. The zero-order valence-corrected chi connectivity index (χ0v) is 11.9. The molecular weight excluding hydrogens is 256 g/mol. The van der Waals surface area contributed by atoms with Crippen LogP contribution < -0.4 is 10.6 Å². The first-order valence-corrected chi connectivity index (χ1v) is 7.28. The maximum atomic E-state index is 11.5. The molecule has 1 rings (SSSR count). The van der Waals surface area contributed by atoms with E-state index in [1.54, 1.807) is 0 Å². The second-order valence-electron chi connectivity index (χ2n) is 5.26. The van der Waals surface area contributed by atoms with Gasteiger partial charge in [-0.15, -0.1) is 6.42 Å². The summed E-state index contributed by atoms with van der Waals surface area (Å²) < 4.78 is 0. The van der Waals surface area contributed by atoms with Crippen LogP contribution in [0.15, 0.2) is 0 Å². The second kappa shape index (κ2) is 9.38. The molecule has 2 atom stereocenters. The lowest BCUT2D eigenvalue weighted by Gasteiger charge is -2.27. The summed E-state index contributed by atoms with van der Waals surface area (Å²) in [6.45, 7) is 0.691. The Hall–Kier alpha value is -1.54. The standard InChI is InChI=1S/C15H24N2O3/c1-2-9-16-14(19)11-15(20)17-10-5-7-12-6-3-4-8-13(12)18/h1,12-13,18H,3-11H2,(H,16,19)(H,17,20). The van der Waals surface area contributed by atoms with E-state index in [1.807, 2.05) is 0 Å². The summed E-state index contributed by atoms with van der Waals surface area (Å²) in [5.74, 6) is 1.99. The van der Waals surface area contributed by atoms with E-state index in [4.69, 9.17) is 6.42 Å². The normalized spacial score (nSPS) is 21.8. The molecule has 2 unspecified atom stereocenters. The quantitative estimate of drug-likeness (QED) is 0.362. The van der Waals surface area contributed by atoms with Crippen molar-refractivity contribution in [1.29, 1.82) is 0 Å². The van der Waals surface area contributed by atoms with Gasteiger partial charge in [-0.2, -0.15) is 0 Å². The predicted octanol–water partition coefficient (Wildman–Crippen LogP) is 0.573. The first-order valence-electron chi connectivity index (χ1n) is 7.28. The minimum Gasteiger partial charge on any atom is -0.393 e. The Balaban J connectivity index is 2.07. The van der Waals surface area contributed by atoms with E-state index in [0.717, 1.165) is 32.1 Å². The molecule has 0 aromatic rings. The van der Waals surface area contributed by atoms with E-state index in [1.165, 1.54) is 6.42 Å². The van der Waals surface area contributed by atoms with Gasteiger partial charge >= 0.3 is 0 Å². The highest BCUT2D eigenvalue weighted by Gasteiger charge is 2.22. The van der Waals surface area contributed by atoms with Gasteiger partial charge in [0.2, 0.25) is 11.8 Å². The van der Waals surface area contributed by atoms with Crippen LogP contribution in [0.4, 0.5) is 0 Å². The Morgan fingerprint density at radius 2 is 1.90 bits per heavy atom. The van der Waals surface area contributed by atoms with Gasteiger partial charge in [0.25, 0.3) is 0 Å². The van der Waals surface area contributed by atoms with Gasteiger partial charge in [0.15, 0.2) is 0 Å². The Labute approximate surface area is 120 Å². The number of hydrogen-bond acceptors (Lipinski definition) is 3. The maximum absolute atomic E-state index is 11.5. The molecule has 0 spiro atoms. The zero-order chi connectivity index (χ0) is 14.8. The molecule has 0 radical (unpaired) electrons. The fourth-order valence-electron chi connectivity index (χ4n) is 2.54. The zero-order valence-electron chi connectivity index (χ0n) is 11.9. The van der Waals surface area contributed by atoms with Gasteiger partial charge in [-0.3, -0.25) is 9.59 Å². The number of hydrogen-bond donors (Lipinski definition) is 3. The Bertz CT molecular complexity index is 363. The van der Waals surface area contributed by atoms with Crippen molar-refractivity contribution in [2.75, 3.05) is 13.1 Å². The third-order valence-electron chi connectivity index (χ3n) is 3.65. The monoisotopic (exact) mass is 280 g/mol. The summed E-state index contributed by atoms with van der Waals surface area (Å²) in [6.07, 6.45) is 10.6. The highest BCUT2D eigenvalue weighted by molar-refractivity contribution is 5.96. The highest BCUT2D eigenvalue weighted by Crippen LogP contribution is 2.27. The molecule has 1 aliphatic rings. The van der Waals surface area contributed by atoms with E-state index in [-0.39, 0.29) is 30.9 Å². The summed E-state index contributed by atoms with van der Waals surface area (Å²) in [5.41, 5.74) is 0. The van der Waals surface area contributed by atoms with Crippen LogP contribution in [0.1, 0.15) is 44.9 Å². The number of aliphatic hydroxyl groups excluding tert-OH is 1. The molecule has 1 aliphatic carbocycles. The number of carbonyl (C=O) groups is 2. The van der Waals surface area contributed by atoms with Gasteiger partial charge in [-0.05, 0) is 31.6 Å². The van der Waals surface area contributed by atoms with Crippen LogP contribution in [0.3, 0.4) is 0 Å². The average Bonchev–Trinajstić information content (AvgIpc) is 2.43. The van der Waals surface area contributed by atoms with E-state index in [2.05, 4.69) is 16.6 Å². The van der Waals surface area contributed by atoms with E-state index in [9.17, 15) is 14.7 Å². The third-order valence-corrected chi connectivity index (χ3v) is 3.65. The molecule has 5 heteroatoms. The first-order chi connectivity index (χ1) is 9.63. The van der Waals surface area contributed by atoms with Gasteiger partial charge in [-0.25, -0.2) is 0 Å². The number of rotatable bonds is 7. The van der Waals surface area contributed by atoms with Gasteiger partial charge in [-0.1, -0.05) is 18.8 Å². The van der Waals surface area contributed by atoms with E-state index in [0.29, 0.717) is 12.5 Å². The lowest BCUT2D eigenvalue weighted by Crippen LogP contribution is -2.33. The number of amides is 2. The smallest absolute Gasteiger partial charge is 0.230 e. The second-order valence-corrected chi connectivity index (χ2v) is 5.26. The van der Waals surface area contributed by atoms with Gasteiger partial charge in [0.05, 0.1) is 12.6 Å². The van der Waals surface area contributed by atoms with Crippen LogP contribution in [0.5, 0.6) is 0 Å². The van der Waals surface area contributed by atoms with Crippen LogP contribution in [0.2, 0.25) is 0 Å². The molecule has 1 fully saturated rings. The fraction of sp³-hybridized carbons (Fsp3) is 0.733. The summed E-state index contributed by atoms with van der Waals surface area (Å²) in [6, 6.07) is 0. The molecule has 0 aromatic heterocycles. The molecular formula is C15H24N2O3. The maximum Gasteiger partial charge on any atom is 0.230 e. The Morgan fingerprint density at radius 1 is 1.20 bits per heavy atom. The lowest BCUT2D eigenvalue weighted by molar-refractivity contribution is -0.129. The van der Waals surface area contributed by atoms with Crippen molar-refractivity contribution in [1.82, 2.24) is 10.6 Å². The number of carbonyl (C=O) groups excluding carboxylic acids is 2. The van der Waals surface area contributed by atoms with Crippen molar-refractivity contribution in [3.63, 3.8) is 0 Å². The van der Waals surface area contributed by atoms with Gasteiger partial charge < -0.3 is 15.7 Å². The Kier molecular flexibility index (Phi) is 7.74. The lowest BCUT2D eigenvalue weighted by atomic mass is 9.83. The Morgan fingerprint density at radius 3 is 2.60 bits per heavy atom. The van der Waals surface area contributed by atoms with Crippen LogP contribution in [-0.2, 0) is 9.59 Å². The van der Waals surface area contributed by atoms with Crippen molar-refractivity contribution in [3.8, 4) is 12.3 Å². The van der Waals surface area contributed by atoms with E-state index < -0.39 is 0 Å². The van der Waals surface area contributed by atoms with Crippen LogP contribution in [0, 0.1) is 18.3 Å². The van der Waals surface area contributed by atoms with Crippen molar-refractivity contribution in [2.45, 2.75) is 51.0 Å². The molecule has 3 N–H and O–H groups in total. The van der Waals surface area contributed by atoms with Crippen LogP contribution >= 0.6 is 0 Å². The molecule has 0 saturated heterocycles. The average molecular weight is 280 g/mol. The van der Waals surface area contributed by atoms with Crippen molar-refractivity contribution in [2.24, 2.45) is 5.92 Å².